The van der Waals surface area contributed by atoms with Crippen LogP contribution in [0.4, 0.5) is 0 Å². The third-order valence-electron chi connectivity index (χ3n) is 2.19. The third-order valence-corrected chi connectivity index (χ3v) is 2.88. The number of ketones is 1. The molecule has 0 aliphatic heterocycles. The fourth-order valence-electron chi connectivity index (χ4n) is 1.16. The summed E-state index contributed by atoms with van der Waals surface area (Å²) >= 11 is 2.04. The van der Waals surface area contributed by atoms with E-state index in [0.717, 1.165) is 25.8 Å². The average molecular weight is 325 g/mol. The molecule has 0 bridgehead atoms. The first-order chi connectivity index (χ1) is 7.07. The van der Waals surface area contributed by atoms with Crippen LogP contribution >= 0.6 is 22.6 Å². The number of carbonyl (C=O) groups excluding carboxylic acids is 2. The monoisotopic (exact) mass is 325 g/mol. The van der Waals surface area contributed by atoms with Gasteiger partial charge in [-0.05, 0) is 12.8 Å². The molecule has 1 N–H and O–H groups in total. The van der Waals surface area contributed by atoms with Crippen LogP contribution < -0.4 is 5.32 Å². The van der Waals surface area contributed by atoms with E-state index in [0.29, 0.717) is 16.6 Å². The van der Waals surface area contributed by atoms with Gasteiger partial charge in [-0.25, -0.2) is 0 Å². The van der Waals surface area contributed by atoms with E-state index in [-0.39, 0.29) is 11.8 Å². The van der Waals surface area contributed by atoms with Crippen molar-refractivity contribution in [2.75, 3.05) is 11.0 Å². The van der Waals surface area contributed by atoms with E-state index in [1.807, 2.05) is 36.4 Å². The highest BCUT2D eigenvalue weighted by Gasteiger charge is 2.05. The van der Waals surface area contributed by atoms with Crippen molar-refractivity contribution in [3.8, 4) is 0 Å². The predicted molar refractivity (Wildman–Crippen MR) is 70.2 cm³/mol. The van der Waals surface area contributed by atoms with Crippen LogP contribution in [0, 0.1) is 5.92 Å². The number of nitrogens with one attached hydrogen (secondary N) is 1. The molecule has 0 aromatic carbocycles. The number of unbranched alkanes of at least 4 members (excludes halogenated alkanes) is 2. The van der Waals surface area contributed by atoms with E-state index in [1.54, 1.807) is 0 Å². The summed E-state index contributed by atoms with van der Waals surface area (Å²) in [4.78, 5) is 22.1. The maximum Gasteiger partial charge on any atom is 0.229 e. The van der Waals surface area contributed by atoms with Crippen LogP contribution in [0.2, 0.25) is 0 Å². The number of rotatable bonds is 8. The summed E-state index contributed by atoms with van der Waals surface area (Å²) in [5.41, 5.74) is 0. The molecule has 0 aliphatic rings. The van der Waals surface area contributed by atoms with Crippen LogP contribution in [0.5, 0.6) is 0 Å². The molecule has 0 radical (unpaired) electrons. The Kier molecular flexibility index (Phi) is 9.04. The van der Waals surface area contributed by atoms with Crippen LogP contribution in [0.3, 0.4) is 0 Å². The molecule has 0 rings (SSSR count). The number of hydrogen-bond donors (Lipinski definition) is 1. The lowest BCUT2D eigenvalue weighted by Gasteiger charge is -2.04. The molecule has 1 amide bonds. The van der Waals surface area contributed by atoms with Gasteiger partial charge < -0.3 is 5.32 Å². The molecule has 3 nitrogen and oxygen atoms in total. The molecule has 15 heavy (non-hydrogen) atoms. The van der Waals surface area contributed by atoms with Gasteiger partial charge >= 0.3 is 0 Å². The smallest absolute Gasteiger partial charge is 0.229 e. The lowest BCUT2D eigenvalue weighted by Crippen LogP contribution is -2.25. The molecule has 0 heterocycles. The van der Waals surface area contributed by atoms with Gasteiger partial charge in [-0.1, -0.05) is 42.9 Å². The maximum atomic E-state index is 11.3. The molecule has 0 spiro atoms. The zero-order valence-corrected chi connectivity index (χ0v) is 11.7. The molecule has 0 saturated carbocycles. The van der Waals surface area contributed by atoms with E-state index < -0.39 is 0 Å². The maximum absolute atomic E-state index is 11.3. The SMILES string of the molecule is CC(C)C(=O)CCCCCNC(=O)CI. The van der Waals surface area contributed by atoms with Gasteiger partial charge in [0.05, 0.1) is 4.43 Å². The van der Waals surface area contributed by atoms with Gasteiger partial charge in [-0.3, -0.25) is 9.59 Å². The zero-order chi connectivity index (χ0) is 11.7. The summed E-state index contributed by atoms with van der Waals surface area (Å²) in [6.07, 6.45) is 3.60. The quantitative estimate of drug-likeness (QED) is 0.423. The Morgan fingerprint density at radius 1 is 1.20 bits per heavy atom. The molecule has 0 saturated heterocycles. The number of amides is 1. The Morgan fingerprint density at radius 3 is 2.40 bits per heavy atom. The summed E-state index contributed by atoms with van der Waals surface area (Å²) in [5.74, 6) is 0.587. The molecule has 0 aromatic heterocycles. The average Bonchev–Trinajstić information content (AvgIpc) is 2.22. The number of hydrogen-bond acceptors (Lipinski definition) is 2. The highest BCUT2D eigenvalue weighted by molar-refractivity contribution is 14.1. The second-order valence-corrected chi connectivity index (χ2v) is 4.68. The summed E-state index contributed by atoms with van der Waals surface area (Å²) in [6, 6.07) is 0. The second-order valence-electron chi connectivity index (χ2n) is 3.92. The largest absolute Gasteiger partial charge is 0.355 e. The standard InChI is InChI=1S/C11H20INO2/c1-9(2)10(14)6-4-3-5-7-13-11(15)8-12/h9H,3-8H2,1-2H3,(H,13,15). The molecule has 0 aliphatic carbocycles. The predicted octanol–water partition coefficient (Wildman–Crippen LogP) is 2.32. The van der Waals surface area contributed by atoms with Crippen LogP contribution in [0.25, 0.3) is 0 Å². The van der Waals surface area contributed by atoms with Gasteiger partial charge in [0, 0.05) is 18.9 Å². The van der Waals surface area contributed by atoms with Gasteiger partial charge in [0.15, 0.2) is 0 Å². The Labute approximate surface area is 106 Å². The Balaban J connectivity index is 3.25. The molecule has 0 fully saturated rings. The molecular weight excluding hydrogens is 305 g/mol. The molecule has 88 valence electrons. The first-order valence-electron chi connectivity index (χ1n) is 5.43. The summed E-state index contributed by atoms with van der Waals surface area (Å²) in [6.45, 7) is 4.60. The molecule has 4 heteroatoms. The number of Topliss-reactive ketones (excluding diaryl/α,β-unsaturated/α-hetero) is 1. The van der Waals surface area contributed by atoms with E-state index in [1.165, 1.54) is 0 Å². The van der Waals surface area contributed by atoms with Gasteiger partial charge in [-0.2, -0.15) is 0 Å². The van der Waals surface area contributed by atoms with Crippen molar-refractivity contribution < 1.29 is 9.59 Å². The lowest BCUT2D eigenvalue weighted by atomic mass is 10.0. The normalized spacial score (nSPS) is 10.4. The van der Waals surface area contributed by atoms with E-state index in [9.17, 15) is 9.59 Å². The van der Waals surface area contributed by atoms with Gasteiger partial charge in [0.1, 0.15) is 5.78 Å². The minimum Gasteiger partial charge on any atom is -0.355 e. The molecule has 0 aromatic rings. The topological polar surface area (TPSA) is 46.2 Å². The third kappa shape index (κ3) is 8.84. The van der Waals surface area contributed by atoms with Crippen molar-refractivity contribution >= 4 is 34.3 Å². The fraction of sp³-hybridized carbons (Fsp3) is 0.818. The highest BCUT2D eigenvalue weighted by Crippen LogP contribution is 2.05. The first-order valence-corrected chi connectivity index (χ1v) is 6.96. The minimum absolute atomic E-state index is 0.0915. The van der Waals surface area contributed by atoms with Crippen molar-refractivity contribution in [2.45, 2.75) is 39.5 Å². The Bertz CT molecular complexity index is 205. The van der Waals surface area contributed by atoms with Crippen LogP contribution in [0.15, 0.2) is 0 Å². The second kappa shape index (κ2) is 9.12. The van der Waals surface area contributed by atoms with Crippen LogP contribution in [-0.4, -0.2) is 22.7 Å². The summed E-state index contributed by atoms with van der Waals surface area (Å²) in [7, 11) is 0. The number of carbonyl (C=O) groups is 2. The van der Waals surface area contributed by atoms with Crippen molar-refractivity contribution in [2.24, 2.45) is 5.92 Å². The van der Waals surface area contributed by atoms with Gasteiger partial charge in [-0.15, -0.1) is 0 Å². The lowest BCUT2D eigenvalue weighted by molar-refractivity contribution is -0.122. The van der Waals surface area contributed by atoms with Crippen LogP contribution in [0.1, 0.15) is 39.5 Å². The van der Waals surface area contributed by atoms with Crippen molar-refractivity contribution in [3.05, 3.63) is 0 Å². The minimum atomic E-state index is 0.0915. The van der Waals surface area contributed by atoms with Crippen molar-refractivity contribution in [1.29, 1.82) is 0 Å². The Morgan fingerprint density at radius 2 is 1.87 bits per heavy atom. The number of halogens is 1. The van der Waals surface area contributed by atoms with E-state index >= 15 is 0 Å². The number of alkyl halides is 1. The zero-order valence-electron chi connectivity index (χ0n) is 9.51. The van der Waals surface area contributed by atoms with Crippen molar-refractivity contribution in [1.82, 2.24) is 5.32 Å². The van der Waals surface area contributed by atoms with Gasteiger partial charge in [0.25, 0.3) is 0 Å². The molecule has 0 unspecified atom stereocenters. The molecule has 0 atom stereocenters. The van der Waals surface area contributed by atoms with E-state index in [2.05, 4.69) is 5.32 Å². The van der Waals surface area contributed by atoms with E-state index in [4.69, 9.17) is 0 Å². The summed E-state index contributed by atoms with van der Waals surface area (Å²) < 4.78 is 0.517. The van der Waals surface area contributed by atoms with Crippen molar-refractivity contribution in [3.63, 3.8) is 0 Å². The fourth-order valence-corrected chi connectivity index (χ4v) is 1.43. The van der Waals surface area contributed by atoms with Gasteiger partial charge in [0.2, 0.25) is 5.91 Å². The highest BCUT2D eigenvalue weighted by atomic mass is 127. The Hall–Kier alpha value is -0.130. The van der Waals surface area contributed by atoms with Crippen LogP contribution in [-0.2, 0) is 9.59 Å². The molecular formula is C11H20INO2. The summed E-state index contributed by atoms with van der Waals surface area (Å²) in [5, 5.41) is 2.81. The first kappa shape index (κ1) is 14.9.